The van der Waals surface area contributed by atoms with Crippen LogP contribution in [-0.2, 0) is 4.79 Å². The molecule has 1 aliphatic rings. The molecule has 0 saturated carbocycles. The molecule has 68 valence electrons. The van der Waals surface area contributed by atoms with Crippen LogP contribution in [0.2, 0.25) is 0 Å². The van der Waals surface area contributed by atoms with Crippen molar-refractivity contribution in [3.8, 4) is 0 Å². The first kappa shape index (κ1) is 8.96. The van der Waals surface area contributed by atoms with Crippen LogP contribution in [0.15, 0.2) is 0 Å². The van der Waals surface area contributed by atoms with Crippen LogP contribution in [0.25, 0.3) is 0 Å². The zero-order chi connectivity index (χ0) is 9.14. The smallest absolute Gasteiger partial charge is 0.280 e. The largest absolute Gasteiger partial charge is 0.289 e. The highest BCUT2D eigenvalue weighted by Gasteiger charge is 2.35. The second-order valence-electron chi connectivity index (χ2n) is 2.85. The molecule has 1 saturated heterocycles. The molecular weight excluding hydrogens is 160 g/mol. The molecule has 1 rings (SSSR count). The summed E-state index contributed by atoms with van der Waals surface area (Å²) < 4.78 is 0. The first-order valence-electron chi connectivity index (χ1n) is 4.09. The van der Waals surface area contributed by atoms with Crippen molar-refractivity contribution in [3.05, 3.63) is 10.1 Å². The Bertz CT molecular complexity index is 205. The Balaban J connectivity index is 2.63. The zero-order valence-corrected chi connectivity index (χ0v) is 7.02. The molecular formula is C7H12N2O3. The van der Waals surface area contributed by atoms with Gasteiger partial charge >= 0.3 is 0 Å². The molecule has 0 bridgehead atoms. The third kappa shape index (κ3) is 1.54. The van der Waals surface area contributed by atoms with Crippen LogP contribution in [0.4, 0.5) is 0 Å². The van der Waals surface area contributed by atoms with Gasteiger partial charge in [0.1, 0.15) is 0 Å². The quantitative estimate of drug-likeness (QED) is 0.453. The number of amides is 1. The highest BCUT2D eigenvalue weighted by atomic mass is 16.6. The maximum Gasteiger partial charge on any atom is 0.289 e. The highest BCUT2D eigenvalue weighted by Crippen LogP contribution is 2.18. The summed E-state index contributed by atoms with van der Waals surface area (Å²) in [6.07, 6.45) is 0.831. The topological polar surface area (TPSA) is 63.5 Å². The van der Waals surface area contributed by atoms with E-state index in [1.807, 2.05) is 0 Å². The van der Waals surface area contributed by atoms with Gasteiger partial charge in [-0.1, -0.05) is 6.92 Å². The molecule has 1 heterocycles. The molecule has 1 amide bonds. The monoisotopic (exact) mass is 172 g/mol. The van der Waals surface area contributed by atoms with Gasteiger partial charge in [-0.3, -0.25) is 19.8 Å². The minimum Gasteiger partial charge on any atom is -0.280 e. The van der Waals surface area contributed by atoms with Crippen LogP contribution in [0.1, 0.15) is 26.2 Å². The van der Waals surface area contributed by atoms with E-state index in [0.29, 0.717) is 19.4 Å². The van der Waals surface area contributed by atoms with E-state index < -0.39 is 6.17 Å². The molecule has 1 fully saturated rings. The van der Waals surface area contributed by atoms with Gasteiger partial charge in [-0.25, -0.2) is 0 Å². The van der Waals surface area contributed by atoms with Crippen molar-refractivity contribution in [3.63, 3.8) is 0 Å². The van der Waals surface area contributed by atoms with Gasteiger partial charge in [0.15, 0.2) is 0 Å². The van der Waals surface area contributed by atoms with Crippen molar-refractivity contribution < 1.29 is 9.72 Å². The van der Waals surface area contributed by atoms with Gasteiger partial charge in [-0.2, -0.15) is 0 Å². The van der Waals surface area contributed by atoms with E-state index >= 15 is 0 Å². The first-order chi connectivity index (χ1) is 5.66. The molecule has 5 heteroatoms. The fourth-order valence-electron chi connectivity index (χ4n) is 1.46. The lowest BCUT2D eigenvalue weighted by molar-refractivity contribution is -0.541. The Hall–Kier alpha value is -1.13. The van der Waals surface area contributed by atoms with Crippen molar-refractivity contribution >= 4 is 5.91 Å². The van der Waals surface area contributed by atoms with E-state index in [2.05, 4.69) is 0 Å². The van der Waals surface area contributed by atoms with Crippen LogP contribution in [0, 0.1) is 10.1 Å². The Morgan fingerprint density at radius 1 is 1.75 bits per heavy atom. The lowest BCUT2D eigenvalue weighted by Gasteiger charge is -2.16. The first-order valence-corrected chi connectivity index (χ1v) is 4.09. The molecule has 0 aliphatic carbocycles. The normalized spacial score (nSPS) is 22.8. The summed E-state index contributed by atoms with van der Waals surface area (Å²) in [6.45, 7) is 2.26. The lowest BCUT2D eigenvalue weighted by atomic mass is 10.3. The second-order valence-corrected chi connectivity index (χ2v) is 2.85. The Morgan fingerprint density at radius 3 is 2.92 bits per heavy atom. The molecule has 0 aromatic rings. The number of hydrogen-bond acceptors (Lipinski definition) is 3. The Labute approximate surface area is 70.5 Å². The molecule has 1 atom stereocenters. The zero-order valence-electron chi connectivity index (χ0n) is 7.02. The molecule has 12 heavy (non-hydrogen) atoms. The van der Waals surface area contributed by atoms with Gasteiger partial charge < -0.3 is 0 Å². The van der Waals surface area contributed by atoms with Crippen molar-refractivity contribution in [2.24, 2.45) is 0 Å². The molecule has 0 spiro atoms. The van der Waals surface area contributed by atoms with Gasteiger partial charge in [0.05, 0.1) is 0 Å². The number of likely N-dealkylation sites (tertiary alicyclic amines) is 1. The fourth-order valence-corrected chi connectivity index (χ4v) is 1.46. The molecule has 1 unspecified atom stereocenters. The second kappa shape index (κ2) is 3.51. The van der Waals surface area contributed by atoms with E-state index in [4.69, 9.17) is 0 Å². The summed E-state index contributed by atoms with van der Waals surface area (Å²) in [5, 5.41) is 10.4. The fraction of sp³-hybridized carbons (Fsp3) is 0.857. The van der Waals surface area contributed by atoms with Crippen molar-refractivity contribution in [2.45, 2.75) is 32.4 Å². The van der Waals surface area contributed by atoms with E-state index in [9.17, 15) is 14.9 Å². The number of hydrogen-bond donors (Lipinski definition) is 0. The van der Waals surface area contributed by atoms with E-state index in [0.717, 1.165) is 6.42 Å². The number of carbonyl (C=O) groups excluding carboxylic acids is 1. The van der Waals surface area contributed by atoms with E-state index in [1.165, 1.54) is 4.90 Å². The maximum absolute atomic E-state index is 11.2. The summed E-state index contributed by atoms with van der Waals surface area (Å²) in [6, 6.07) is 0. The third-order valence-electron chi connectivity index (χ3n) is 2.09. The molecule has 0 aromatic carbocycles. The predicted octanol–water partition coefficient (Wildman–Crippen LogP) is 0.622. The minimum absolute atomic E-state index is 0.116. The van der Waals surface area contributed by atoms with Gasteiger partial charge in [0.25, 0.3) is 6.17 Å². The van der Waals surface area contributed by atoms with Crippen LogP contribution in [0.5, 0.6) is 0 Å². The van der Waals surface area contributed by atoms with Crippen molar-refractivity contribution in [1.29, 1.82) is 0 Å². The van der Waals surface area contributed by atoms with Crippen LogP contribution < -0.4 is 0 Å². The Morgan fingerprint density at radius 2 is 2.42 bits per heavy atom. The van der Waals surface area contributed by atoms with Gasteiger partial charge in [-0.15, -0.1) is 0 Å². The number of nitro groups is 1. The summed E-state index contributed by atoms with van der Waals surface area (Å²) in [5.41, 5.74) is 0. The SMILES string of the molecule is CCC(=O)N1CCCC1[N+](=O)[O-]. The van der Waals surface area contributed by atoms with Crippen LogP contribution in [-0.4, -0.2) is 28.4 Å². The molecule has 0 radical (unpaired) electrons. The average molecular weight is 172 g/mol. The molecule has 1 aliphatic heterocycles. The van der Waals surface area contributed by atoms with Gasteiger partial charge in [-0.05, 0) is 6.42 Å². The van der Waals surface area contributed by atoms with Gasteiger partial charge in [0, 0.05) is 24.3 Å². The summed E-state index contributed by atoms with van der Waals surface area (Å²) in [7, 11) is 0. The van der Waals surface area contributed by atoms with E-state index in [-0.39, 0.29) is 10.8 Å². The standard InChI is InChI=1S/C7H12N2O3/c1-2-7(10)8-5-3-4-6(8)9(11)12/h6H,2-5H2,1H3. The molecule has 5 nitrogen and oxygen atoms in total. The number of carbonyl (C=O) groups is 1. The predicted molar refractivity (Wildman–Crippen MR) is 42.0 cm³/mol. The number of nitrogens with zero attached hydrogens (tertiary/aromatic N) is 2. The van der Waals surface area contributed by atoms with Gasteiger partial charge in [0.2, 0.25) is 5.91 Å². The summed E-state index contributed by atoms with van der Waals surface area (Å²) in [5.74, 6) is -0.116. The molecule has 0 N–H and O–H groups in total. The van der Waals surface area contributed by atoms with E-state index in [1.54, 1.807) is 6.92 Å². The van der Waals surface area contributed by atoms with Crippen LogP contribution in [0.3, 0.4) is 0 Å². The van der Waals surface area contributed by atoms with Crippen molar-refractivity contribution in [2.75, 3.05) is 6.54 Å². The number of rotatable bonds is 2. The average Bonchev–Trinajstić information content (AvgIpc) is 2.50. The Kier molecular flexibility index (Phi) is 2.62. The minimum atomic E-state index is -0.766. The summed E-state index contributed by atoms with van der Waals surface area (Å²) in [4.78, 5) is 22.6. The maximum atomic E-state index is 11.2. The van der Waals surface area contributed by atoms with Crippen molar-refractivity contribution in [1.82, 2.24) is 4.90 Å². The molecule has 0 aromatic heterocycles. The van der Waals surface area contributed by atoms with Crippen LogP contribution >= 0.6 is 0 Å². The third-order valence-corrected chi connectivity index (χ3v) is 2.09. The highest BCUT2D eigenvalue weighted by molar-refractivity contribution is 5.76. The summed E-state index contributed by atoms with van der Waals surface area (Å²) >= 11 is 0. The lowest BCUT2D eigenvalue weighted by Crippen LogP contribution is -2.39.